The first-order valence-corrected chi connectivity index (χ1v) is 8.95. The van der Waals surface area contributed by atoms with Gasteiger partial charge in [0.25, 0.3) is 0 Å². The Morgan fingerprint density at radius 3 is 2.39 bits per heavy atom. The number of benzene rings is 1. The summed E-state index contributed by atoms with van der Waals surface area (Å²) in [5.41, 5.74) is 1.68. The summed E-state index contributed by atoms with van der Waals surface area (Å²) < 4.78 is 0. The topological polar surface area (TPSA) is 38.7 Å². The highest BCUT2D eigenvalue weighted by molar-refractivity contribution is 5.26. The Kier molecular flexibility index (Phi) is 4.79. The normalized spacial score (nSPS) is 35.3. The Morgan fingerprint density at radius 1 is 1.17 bits per heavy atom. The monoisotopic (exact) mass is 317 g/mol. The predicted molar refractivity (Wildman–Crippen MR) is 94.0 cm³/mol. The van der Waals surface area contributed by atoms with Crippen molar-refractivity contribution < 1.29 is 5.11 Å². The molecular formula is C19H31N3O. The van der Waals surface area contributed by atoms with E-state index < -0.39 is 6.35 Å². The summed E-state index contributed by atoms with van der Waals surface area (Å²) >= 11 is 0. The summed E-state index contributed by atoms with van der Waals surface area (Å²) in [6, 6.07) is 10.9. The minimum atomic E-state index is -0.474. The molecule has 1 unspecified atom stereocenters. The fourth-order valence-corrected chi connectivity index (χ4v) is 4.69. The van der Waals surface area contributed by atoms with E-state index in [0.29, 0.717) is 0 Å². The number of hydrogen-bond donors (Lipinski definition) is 2. The molecule has 1 saturated heterocycles. The van der Waals surface area contributed by atoms with Crippen molar-refractivity contribution in [3.8, 4) is 0 Å². The summed E-state index contributed by atoms with van der Waals surface area (Å²) in [4.78, 5) is 4.70. The van der Waals surface area contributed by atoms with Gasteiger partial charge >= 0.3 is 0 Å². The van der Waals surface area contributed by atoms with Crippen LogP contribution in [0.5, 0.6) is 0 Å². The number of rotatable bonds is 4. The van der Waals surface area contributed by atoms with Crippen molar-refractivity contribution in [3.63, 3.8) is 0 Å². The number of nitrogens with zero attached hydrogens (tertiary/aromatic N) is 2. The highest BCUT2D eigenvalue weighted by atomic mass is 16.3. The molecule has 1 aliphatic carbocycles. The Hall–Kier alpha value is -0.940. The summed E-state index contributed by atoms with van der Waals surface area (Å²) in [5.74, 6) is 0. The first kappa shape index (κ1) is 16.9. The van der Waals surface area contributed by atoms with Gasteiger partial charge in [0.05, 0.1) is 0 Å². The van der Waals surface area contributed by atoms with Crippen LogP contribution in [-0.2, 0) is 5.54 Å². The second-order valence-electron chi connectivity index (χ2n) is 7.46. The Morgan fingerprint density at radius 2 is 1.83 bits per heavy atom. The van der Waals surface area contributed by atoms with Gasteiger partial charge in [-0.2, -0.15) is 0 Å². The minimum absolute atomic E-state index is 0.123. The maximum absolute atomic E-state index is 10.3. The Balaban J connectivity index is 1.83. The molecule has 1 saturated carbocycles. The van der Waals surface area contributed by atoms with E-state index in [1.165, 1.54) is 5.56 Å². The van der Waals surface area contributed by atoms with Crippen LogP contribution in [-0.4, -0.2) is 54.0 Å². The highest BCUT2D eigenvalue weighted by Gasteiger charge is 2.51. The minimum Gasteiger partial charge on any atom is -0.365 e. The van der Waals surface area contributed by atoms with Crippen molar-refractivity contribution in [1.82, 2.24) is 15.1 Å². The molecule has 0 amide bonds. The lowest BCUT2D eigenvalue weighted by Gasteiger charge is -2.51. The van der Waals surface area contributed by atoms with Gasteiger partial charge in [-0.05, 0) is 51.8 Å². The zero-order valence-electron chi connectivity index (χ0n) is 14.8. The first-order valence-electron chi connectivity index (χ1n) is 8.95. The third kappa shape index (κ3) is 2.82. The van der Waals surface area contributed by atoms with Crippen LogP contribution in [0, 0.1) is 0 Å². The van der Waals surface area contributed by atoms with E-state index in [2.05, 4.69) is 66.5 Å². The van der Waals surface area contributed by atoms with E-state index in [-0.39, 0.29) is 11.1 Å². The first-order chi connectivity index (χ1) is 11.0. The molecule has 3 rings (SSSR count). The zero-order valence-corrected chi connectivity index (χ0v) is 14.8. The lowest BCUT2D eigenvalue weighted by molar-refractivity contribution is -0.0582. The second kappa shape index (κ2) is 6.52. The fraction of sp³-hybridized carbons (Fsp3) is 0.684. The zero-order chi connectivity index (χ0) is 16.5. The third-order valence-corrected chi connectivity index (χ3v) is 6.16. The quantitative estimate of drug-likeness (QED) is 0.894. The van der Waals surface area contributed by atoms with Gasteiger partial charge in [-0.15, -0.1) is 0 Å². The van der Waals surface area contributed by atoms with Gasteiger partial charge in [-0.3, -0.25) is 15.1 Å². The van der Waals surface area contributed by atoms with Crippen LogP contribution in [0.4, 0.5) is 0 Å². The van der Waals surface area contributed by atoms with Crippen molar-refractivity contribution in [2.45, 2.75) is 56.5 Å². The smallest absolute Gasteiger partial charge is 0.163 e. The summed E-state index contributed by atoms with van der Waals surface area (Å²) in [6.07, 6.45) is 5.14. The molecule has 0 aromatic heterocycles. The number of aliphatic hydroxyl groups is 1. The fourth-order valence-electron chi connectivity index (χ4n) is 4.69. The van der Waals surface area contributed by atoms with Crippen molar-refractivity contribution in [3.05, 3.63) is 35.9 Å². The number of nitrogens with one attached hydrogen (secondary N) is 1. The standard InChI is InChI=1S/C19H31N3O/c1-4-14-22-17(23)20-15-18(22)10-12-19(13-11-18,21(2)3)16-8-6-5-7-9-16/h5-9,17,20,23H,4,10-15H2,1-3H3. The molecule has 0 radical (unpaired) electrons. The van der Waals surface area contributed by atoms with Gasteiger partial charge in [0, 0.05) is 24.2 Å². The van der Waals surface area contributed by atoms with Crippen molar-refractivity contribution in [2.75, 3.05) is 27.2 Å². The SMILES string of the molecule is CCCN1C(O)NCC12CCC(c1ccccc1)(N(C)C)CC2. The Bertz CT molecular complexity index is 509. The van der Waals surface area contributed by atoms with Gasteiger partial charge in [0.2, 0.25) is 0 Å². The number of aliphatic hydroxyl groups excluding tert-OH is 1. The predicted octanol–water partition coefficient (Wildman–Crippen LogP) is 2.35. The average Bonchev–Trinajstić information content (AvgIpc) is 2.87. The maximum atomic E-state index is 10.3. The van der Waals surface area contributed by atoms with Crippen LogP contribution < -0.4 is 5.32 Å². The molecule has 1 atom stereocenters. The lowest BCUT2D eigenvalue weighted by Crippen LogP contribution is -2.56. The molecule has 2 aliphatic rings. The van der Waals surface area contributed by atoms with Gasteiger partial charge in [0.1, 0.15) is 0 Å². The molecule has 128 valence electrons. The summed E-state index contributed by atoms with van der Waals surface area (Å²) in [6.45, 7) is 4.07. The average molecular weight is 317 g/mol. The van der Waals surface area contributed by atoms with Gasteiger partial charge in [0.15, 0.2) is 6.35 Å². The molecule has 2 N–H and O–H groups in total. The molecule has 2 fully saturated rings. The van der Waals surface area contributed by atoms with Crippen LogP contribution in [0.2, 0.25) is 0 Å². The maximum Gasteiger partial charge on any atom is 0.163 e. The second-order valence-corrected chi connectivity index (χ2v) is 7.46. The van der Waals surface area contributed by atoms with E-state index >= 15 is 0 Å². The van der Waals surface area contributed by atoms with Gasteiger partial charge < -0.3 is 5.11 Å². The molecule has 4 nitrogen and oxygen atoms in total. The molecule has 23 heavy (non-hydrogen) atoms. The molecule has 1 spiro atoms. The van der Waals surface area contributed by atoms with Crippen molar-refractivity contribution >= 4 is 0 Å². The van der Waals surface area contributed by atoms with Crippen LogP contribution in [0.15, 0.2) is 30.3 Å². The van der Waals surface area contributed by atoms with Crippen molar-refractivity contribution in [2.24, 2.45) is 0 Å². The molecule has 1 aromatic carbocycles. The molecule has 1 aromatic rings. The molecule has 4 heteroatoms. The molecular weight excluding hydrogens is 286 g/mol. The van der Waals surface area contributed by atoms with E-state index in [4.69, 9.17) is 0 Å². The van der Waals surface area contributed by atoms with E-state index in [0.717, 1.165) is 45.2 Å². The van der Waals surface area contributed by atoms with E-state index in [1.807, 2.05) is 0 Å². The van der Waals surface area contributed by atoms with Crippen molar-refractivity contribution in [1.29, 1.82) is 0 Å². The number of hydrogen-bond acceptors (Lipinski definition) is 4. The summed E-state index contributed by atoms with van der Waals surface area (Å²) in [5, 5.41) is 13.6. The van der Waals surface area contributed by atoms with Crippen LogP contribution >= 0.6 is 0 Å². The highest BCUT2D eigenvalue weighted by Crippen LogP contribution is 2.47. The van der Waals surface area contributed by atoms with E-state index in [9.17, 15) is 5.11 Å². The van der Waals surface area contributed by atoms with Crippen LogP contribution in [0.1, 0.15) is 44.6 Å². The van der Waals surface area contributed by atoms with Gasteiger partial charge in [-0.1, -0.05) is 37.3 Å². The molecule has 1 aliphatic heterocycles. The molecule has 0 bridgehead atoms. The Labute approximate surface area is 140 Å². The van der Waals surface area contributed by atoms with Gasteiger partial charge in [-0.25, -0.2) is 0 Å². The largest absolute Gasteiger partial charge is 0.365 e. The van der Waals surface area contributed by atoms with Crippen LogP contribution in [0.25, 0.3) is 0 Å². The lowest BCUT2D eigenvalue weighted by atomic mass is 9.68. The van der Waals surface area contributed by atoms with Crippen LogP contribution in [0.3, 0.4) is 0 Å². The third-order valence-electron chi connectivity index (χ3n) is 6.16. The molecule has 1 heterocycles. The van der Waals surface area contributed by atoms with E-state index in [1.54, 1.807) is 0 Å². The summed E-state index contributed by atoms with van der Waals surface area (Å²) in [7, 11) is 4.41.